The average Bonchev–Trinajstić information content (AvgIpc) is 2.66. The van der Waals surface area contributed by atoms with E-state index in [0.29, 0.717) is 0 Å². The van der Waals surface area contributed by atoms with E-state index in [1.54, 1.807) is 0 Å². The van der Waals surface area contributed by atoms with Crippen molar-refractivity contribution in [1.29, 1.82) is 0 Å². The van der Waals surface area contributed by atoms with Crippen molar-refractivity contribution >= 4 is 5.97 Å². The lowest BCUT2D eigenvalue weighted by Gasteiger charge is -2.13. The maximum atomic E-state index is 13.0. The van der Waals surface area contributed by atoms with Crippen molar-refractivity contribution in [1.82, 2.24) is 0 Å². The minimum atomic E-state index is -4.52. The second-order valence-corrected chi connectivity index (χ2v) is 7.47. The number of alkyl halides is 3. The van der Waals surface area contributed by atoms with Gasteiger partial charge >= 0.3 is 12.1 Å². The van der Waals surface area contributed by atoms with Crippen molar-refractivity contribution in [2.24, 2.45) is 0 Å². The van der Waals surface area contributed by atoms with Crippen LogP contribution < -0.4 is 4.74 Å². The van der Waals surface area contributed by atoms with Gasteiger partial charge in [0.15, 0.2) is 0 Å². The molecule has 0 aliphatic rings. The summed E-state index contributed by atoms with van der Waals surface area (Å²) < 4.78 is 49.0. The van der Waals surface area contributed by atoms with Gasteiger partial charge < -0.3 is 9.47 Å². The highest BCUT2D eigenvalue weighted by Gasteiger charge is 2.32. The summed E-state index contributed by atoms with van der Waals surface area (Å²) in [6.45, 7) is 8.30. The second kappa shape index (κ2) is 12.3. The van der Waals surface area contributed by atoms with Gasteiger partial charge in [0, 0.05) is 0 Å². The quantitative estimate of drug-likeness (QED) is 0.292. The fourth-order valence-corrected chi connectivity index (χ4v) is 2.71. The van der Waals surface area contributed by atoms with Crippen LogP contribution in [0, 0.1) is 0 Å². The van der Waals surface area contributed by atoms with Crippen LogP contribution in [0.1, 0.15) is 69.3 Å². The van der Waals surface area contributed by atoms with Crippen molar-refractivity contribution in [3.05, 3.63) is 64.3 Å². The first-order chi connectivity index (χ1) is 14.0. The lowest BCUT2D eigenvalue weighted by molar-refractivity contribution is -0.137. The molecule has 0 aliphatic heterocycles. The highest BCUT2D eigenvalue weighted by Crippen LogP contribution is 2.33. The van der Waals surface area contributed by atoms with E-state index in [0.717, 1.165) is 49.5 Å². The number of carbonyl (C=O) groups excluding carboxylic acids is 1. The monoisotopic (exact) mass is 424 g/mol. The predicted octanol–water partition coefficient (Wildman–Crippen LogP) is 7.29. The normalized spacial score (nSPS) is 12.5. The van der Waals surface area contributed by atoms with E-state index in [-0.39, 0.29) is 17.9 Å². The Hall–Kier alpha value is -2.50. The number of benzene rings is 1. The zero-order valence-corrected chi connectivity index (χ0v) is 18.4. The van der Waals surface area contributed by atoms with Crippen LogP contribution >= 0.6 is 0 Å². The Kier molecular flexibility index (Phi) is 10.4. The largest absolute Gasteiger partial charge is 0.489 e. The van der Waals surface area contributed by atoms with Gasteiger partial charge in [-0.25, -0.2) is 4.79 Å². The predicted molar refractivity (Wildman–Crippen MR) is 114 cm³/mol. The Morgan fingerprint density at radius 1 is 0.967 bits per heavy atom. The summed E-state index contributed by atoms with van der Waals surface area (Å²) in [4.78, 5) is 11.8. The van der Waals surface area contributed by atoms with E-state index in [1.165, 1.54) is 18.3 Å². The summed E-state index contributed by atoms with van der Waals surface area (Å²) in [7, 11) is 1.17. The molecule has 0 heterocycles. The molecule has 0 saturated carbocycles. The first kappa shape index (κ1) is 25.5. The molecule has 0 aromatic heterocycles. The molecule has 0 spiro atoms. The molecule has 0 radical (unpaired) electrons. The van der Waals surface area contributed by atoms with E-state index >= 15 is 0 Å². The number of ether oxygens (including phenoxy) is 2. The number of rotatable bonds is 10. The van der Waals surface area contributed by atoms with Gasteiger partial charge in [0.25, 0.3) is 0 Å². The Balaban J connectivity index is 2.68. The Bertz CT molecular complexity index is 798. The van der Waals surface area contributed by atoms with Gasteiger partial charge in [-0.15, -0.1) is 0 Å². The molecule has 1 aromatic carbocycles. The van der Waals surface area contributed by atoms with Crippen LogP contribution in [0.2, 0.25) is 0 Å². The molecule has 0 bridgehead atoms. The van der Waals surface area contributed by atoms with Crippen LogP contribution in [-0.4, -0.2) is 19.7 Å². The van der Waals surface area contributed by atoms with Crippen LogP contribution in [0.3, 0.4) is 0 Å². The van der Waals surface area contributed by atoms with Gasteiger partial charge in [0.2, 0.25) is 0 Å². The summed E-state index contributed by atoms with van der Waals surface area (Å²) in [6.07, 6.45) is 5.50. The van der Waals surface area contributed by atoms with Crippen molar-refractivity contribution < 1.29 is 27.4 Å². The van der Waals surface area contributed by atoms with Crippen molar-refractivity contribution in [2.45, 2.75) is 59.6 Å². The van der Waals surface area contributed by atoms with E-state index in [9.17, 15) is 18.0 Å². The fraction of sp³-hybridized carbons (Fsp3) is 0.458. The van der Waals surface area contributed by atoms with Crippen molar-refractivity contribution in [2.75, 3.05) is 13.7 Å². The fourth-order valence-electron chi connectivity index (χ4n) is 2.71. The van der Waals surface area contributed by atoms with Gasteiger partial charge in [-0.2, -0.15) is 13.2 Å². The molecule has 0 aliphatic carbocycles. The van der Waals surface area contributed by atoms with Gasteiger partial charge in [-0.1, -0.05) is 28.9 Å². The molecule has 0 saturated heterocycles. The van der Waals surface area contributed by atoms with Crippen LogP contribution in [-0.2, 0) is 10.9 Å². The maximum Gasteiger partial charge on any atom is 0.416 e. The highest BCUT2D eigenvalue weighted by atomic mass is 19.4. The second-order valence-electron chi connectivity index (χ2n) is 7.47. The number of carbonyl (C=O) groups is 1. The maximum absolute atomic E-state index is 13.0. The van der Waals surface area contributed by atoms with E-state index in [4.69, 9.17) is 4.74 Å². The summed E-state index contributed by atoms with van der Waals surface area (Å²) >= 11 is 0. The molecule has 0 atom stereocenters. The molecule has 0 N–H and O–H groups in total. The number of methoxy groups -OCH3 is 1. The third-order valence-corrected chi connectivity index (χ3v) is 4.51. The number of hydrogen-bond acceptors (Lipinski definition) is 3. The number of hydrogen-bond donors (Lipinski definition) is 0. The Morgan fingerprint density at radius 3 is 2.13 bits per heavy atom. The van der Waals surface area contributed by atoms with Gasteiger partial charge in [0.05, 0.1) is 12.7 Å². The minimum Gasteiger partial charge on any atom is -0.489 e. The van der Waals surface area contributed by atoms with E-state index in [2.05, 4.69) is 37.7 Å². The molecule has 0 fully saturated rings. The van der Waals surface area contributed by atoms with Crippen molar-refractivity contribution in [3.8, 4) is 5.75 Å². The standard InChI is InChI=1S/C24H31F3O3/c1-17(2)8-6-9-18(3)10-7-11-19(4)14-15-30-22-16-20(24(25,26)27)12-13-21(22)23(28)29-5/h8,10,12-14,16H,6-7,9,11,15H2,1-5H3/b18-10+,19-14+. The number of esters is 1. The minimum absolute atomic E-state index is 0.0357. The van der Waals surface area contributed by atoms with Gasteiger partial charge in [-0.3, -0.25) is 0 Å². The first-order valence-corrected chi connectivity index (χ1v) is 9.91. The molecule has 1 rings (SSSR count). The molecular formula is C24H31F3O3. The molecule has 1 aromatic rings. The lowest BCUT2D eigenvalue weighted by atomic mass is 10.1. The summed E-state index contributed by atoms with van der Waals surface area (Å²) in [5, 5.41) is 0. The average molecular weight is 425 g/mol. The summed E-state index contributed by atoms with van der Waals surface area (Å²) in [5.41, 5.74) is 2.81. The Morgan fingerprint density at radius 2 is 1.57 bits per heavy atom. The third kappa shape index (κ3) is 9.33. The topological polar surface area (TPSA) is 35.5 Å². The van der Waals surface area contributed by atoms with Crippen LogP contribution in [0.15, 0.2) is 53.1 Å². The van der Waals surface area contributed by atoms with E-state index in [1.807, 2.05) is 13.0 Å². The van der Waals surface area contributed by atoms with Crippen LogP contribution in [0.25, 0.3) is 0 Å². The molecule has 30 heavy (non-hydrogen) atoms. The Labute approximate surface area is 177 Å². The molecule has 166 valence electrons. The van der Waals surface area contributed by atoms with Crippen LogP contribution in [0.5, 0.6) is 5.75 Å². The zero-order chi connectivity index (χ0) is 22.7. The zero-order valence-electron chi connectivity index (χ0n) is 18.4. The molecule has 3 nitrogen and oxygen atoms in total. The van der Waals surface area contributed by atoms with E-state index < -0.39 is 17.7 Å². The summed E-state index contributed by atoms with van der Waals surface area (Å²) in [6, 6.07) is 2.74. The van der Waals surface area contributed by atoms with Gasteiger partial charge in [0.1, 0.15) is 17.9 Å². The third-order valence-electron chi connectivity index (χ3n) is 4.51. The lowest BCUT2D eigenvalue weighted by Crippen LogP contribution is -2.10. The molecular weight excluding hydrogens is 393 g/mol. The first-order valence-electron chi connectivity index (χ1n) is 9.91. The molecule has 0 unspecified atom stereocenters. The van der Waals surface area contributed by atoms with Crippen molar-refractivity contribution in [3.63, 3.8) is 0 Å². The SMILES string of the molecule is COC(=O)c1ccc(C(F)(F)F)cc1OC/C=C(\C)CC/C=C(\C)CCC=C(C)C. The number of allylic oxidation sites excluding steroid dienone is 5. The van der Waals surface area contributed by atoms with Gasteiger partial charge in [-0.05, 0) is 77.7 Å². The molecule has 0 amide bonds. The molecule has 6 heteroatoms. The summed E-state index contributed by atoms with van der Waals surface area (Å²) in [5.74, 6) is -0.885. The smallest absolute Gasteiger partial charge is 0.416 e. The number of halogens is 3. The highest BCUT2D eigenvalue weighted by molar-refractivity contribution is 5.92. The van der Waals surface area contributed by atoms with Crippen LogP contribution in [0.4, 0.5) is 13.2 Å².